The summed E-state index contributed by atoms with van der Waals surface area (Å²) in [6.45, 7) is 2.68. The molecule has 2 aromatic heterocycles. The zero-order chi connectivity index (χ0) is 26.8. The summed E-state index contributed by atoms with van der Waals surface area (Å²) < 4.78 is 83.3. The smallest absolute Gasteiger partial charge is 0.372 e. The maximum absolute atomic E-state index is 13.4. The fourth-order valence-electron chi connectivity index (χ4n) is 3.63. The number of aliphatic hydroxyl groups is 1. The predicted molar refractivity (Wildman–Crippen MR) is 124 cm³/mol. The largest absolute Gasteiger partial charge is 0.436 e. The van der Waals surface area contributed by atoms with Crippen LogP contribution in [0.2, 0.25) is 5.02 Å². The van der Waals surface area contributed by atoms with E-state index >= 15 is 0 Å². The third-order valence-corrected chi connectivity index (χ3v) is 6.36. The van der Waals surface area contributed by atoms with Gasteiger partial charge in [-0.15, -0.1) is 0 Å². The van der Waals surface area contributed by atoms with Gasteiger partial charge in [0.25, 0.3) is 10.1 Å². The molecule has 0 saturated heterocycles. The first-order chi connectivity index (χ1) is 16.7. The summed E-state index contributed by atoms with van der Waals surface area (Å²) in [4.78, 5) is 0. The van der Waals surface area contributed by atoms with Crippen LogP contribution in [0.1, 0.15) is 36.5 Å². The van der Waals surface area contributed by atoms with Gasteiger partial charge in [-0.2, -0.15) is 31.8 Å². The van der Waals surface area contributed by atoms with Crippen LogP contribution in [0.5, 0.6) is 0 Å². The number of alkyl halides is 3. The minimum absolute atomic E-state index is 0.0769. The Hall–Kier alpha value is -2.68. The molecule has 15 heteroatoms. The SMILES string of the molecule is CCc1c(NC(O)C(CCOS(C)(=O)=O)n2nc(C(F)(F)F)c(Cl)c2C)cnn1-c1ccc(F)cc1. The topological polar surface area (TPSA) is 111 Å². The van der Waals surface area contributed by atoms with Crippen molar-refractivity contribution in [1.29, 1.82) is 0 Å². The molecule has 0 saturated carbocycles. The van der Waals surface area contributed by atoms with E-state index in [2.05, 4.69) is 15.5 Å². The van der Waals surface area contributed by atoms with Crippen molar-refractivity contribution in [3.8, 4) is 5.69 Å². The van der Waals surface area contributed by atoms with Crippen molar-refractivity contribution in [2.24, 2.45) is 0 Å². The first kappa shape index (κ1) is 27.9. The van der Waals surface area contributed by atoms with E-state index in [-0.39, 0.29) is 12.1 Å². The molecule has 0 aliphatic carbocycles. The molecule has 9 nitrogen and oxygen atoms in total. The molecule has 0 aliphatic heterocycles. The third kappa shape index (κ3) is 6.35. The lowest BCUT2D eigenvalue weighted by atomic mass is 10.1. The molecule has 2 unspecified atom stereocenters. The van der Waals surface area contributed by atoms with Crippen LogP contribution >= 0.6 is 11.6 Å². The van der Waals surface area contributed by atoms with Crippen molar-refractivity contribution < 1.29 is 35.3 Å². The second-order valence-corrected chi connectivity index (χ2v) is 9.93. The minimum atomic E-state index is -4.84. The van der Waals surface area contributed by atoms with Gasteiger partial charge in [0.1, 0.15) is 12.0 Å². The summed E-state index contributed by atoms with van der Waals surface area (Å²) in [6.07, 6.45) is -3.97. The Morgan fingerprint density at radius 1 is 1.25 bits per heavy atom. The molecular formula is C21H24ClF4N5O4S. The van der Waals surface area contributed by atoms with E-state index in [1.165, 1.54) is 42.1 Å². The minimum Gasteiger partial charge on any atom is -0.372 e. The summed E-state index contributed by atoms with van der Waals surface area (Å²) in [5, 5.41) is 21.0. The molecule has 36 heavy (non-hydrogen) atoms. The number of hydrogen-bond acceptors (Lipinski definition) is 7. The summed E-state index contributed by atoms with van der Waals surface area (Å²) in [5.74, 6) is -0.427. The predicted octanol–water partition coefficient (Wildman–Crippen LogP) is 4.09. The van der Waals surface area contributed by atoms with Crippen molar-refractivity contribution in [2.45, 2.75) is 45.1 Å². The number of rotatable bonds is 10. The number of anilines is 1. The molecule has 2 heterocycles. The Balaban J connectivity index is 1.95. The van der Waals surface area contributed by atoms with E-state index in [0.29, 0.717) is 23.5 Å². The van der Waals surface area contributed by atoms with E-state index in [9.17, 15) is 31.1 Å². The van der Waals surface area contributed by atoms with Crippen molar-refractivity contribution in [2.75, 3.05) is 18.2 Å². The second kappa shape index (κ2) is 10.7. The van der Waals surface area contributed by atoms with Crippen LogP contribution in [0.3, 0.4) is 0 Å². The number of halogens is 5. The molecule has 0 amide bonds. The zero-order valence-electron chi connectivity index (χ0n) is 19.4. The van der Waals surface area contributed by atoms with Crippen LogP contribution in [0.25, 0.3) is 5.69 Å². The lowest BCUT2D eigenvalue weighted by molar-refractivity contribution is -0.141. The monoisotopic (exact) mass is 553 g/mol. The van der Waals surface area contributed by atoms with Gasteiger partial charge >= 0.3 is 6.18 Å². The molecule has 3 rings (SSSR count). The fourth-order valence-corrected chi connectivity index (χ4v) is 4.26. The molecule has 0 fully saturated rings. The Labute approximate surface area is 209 Å². The normalized spacial score (nSPS) is 14.1. The molecule has 1 aromatic carbocycles. The molecule has 0 spiro atoms. The summed E-state index contributed by atoms with van der Waals surface area (Å²) >= 11 is 5.87. The maximum atomic E-state index is 13.4. The van der Waals surface area contributed by atoms with Gasteiger partial charge < -0.3 is 10.4 Å². The molecule has 2 N–H and O–H groups in total. The lowest BCUT2D eigenvalue weighted by Crippen LogP contribution is -2.34. The van der Waals surface area contributed by atoms with Gasteiger partial charge in [0.15, 0.2) is 5.69 Å². The Bertz CT molecular complexity index is 1310. The lowest BCUT2D eigenvalue weighted by Gasteiger charge is -2.26. The van der Waals surface area contributed by atoms with Gasteiger partial charge in [-0.25, -0.2) is 9.07 Å². The van der Waals surface area contributed by atoms with Crippen LogP contribution in [0, 0.1) is 12.7 Å². The highest BCUT2D eigenvalue weighted by Crippen LogP contribution is 2.37. The van der Waals surface area contributed by atoms with Gasteiger partial charge in [0.2, 0.25) is 0 Å². The highest BCUT2D eigenvalue weighted by Gasteiger charge is 2.40. The molecule has 0 radical (unpaired) electrons. The number of aromatic nitrogens is 4. The Morgan fingerprint density at radius 2 is 1.89 bits per heavy atom. The number of nitrogens with one attached hydrogen (secondary N) is 1. The summed E-state index contributed by atoms with van der Waals surface area (Å²) in [6, 6.07) is 4.35. The van der Waals surface area contributed by atoms with E-state index in [4.69, 9.17) is 15.8 Å². The van der Waals surface area contributed by atoms with Gasteiger partial charge in [-0.05, 0) is 44.0 Å². The van der Waals surface area contributed by atoms with Gasteiger partial charge in [0.05, 0.1) is 52.9 Å². The average Bonchev–Trinajstić information content (AvgIpc) is 3.31. The van der Waals surface area contributed by atoms with Gasteiger partial charge in [0, 0.05) is 0 Å². The van der Waals surface area contributed by atoms with Gasteiger partial charge in [-0.3, -0.25) is 8.86 Å². The van der Waals surface area contributed by atoms with E-state index in [1.54, 1.807) is 0 Å². The Kier molecular flexibility index (Phi) is 8.33. The number of hydrogen-bond donors (Lipinski definition) is 2. The molecular weight excluding hydrogens is 530 g/mol. The van der Waals surface area contributed by atoms with E-state index < -0.39 is 51.7 Å². The zero-order valence-corrected chi connectivity index (χ0v) is 21.0. The van der Waals surface area contributed by atoms with Crippen LogP contribution in [0.15, 0.2) is 30.5 Å². The molecule has 2 atom stereocenters. The highest BCUT2D eigenvalue weighted by atomic mass is 35.5. The average molecular weight is 554 g/mol. The summed E-state index contributed by atoms with van der Waals surface area (Å²) in [7, 11) is -3.84. The summed E-state index contributed by atoms with van der Waals surface area (Å²) in [5.41, 5.74) is 0.0971. The van der Waals surface area contributed by atoms with Crippen LogP contribution in [0.4, 0.5) is 23.2 Å². The van der Waals surface area contributed by atoms with Gasteiger partial charge in [-0.1, -0.05) is 18.5 Å². The van der Waals surface area contributed by atoms with Crippen molar-refractivity contribution in [1.82, 2.24) is 19.6 Å². The molecule has 198 valence electrons. The molecule has 0 bridgehead atoms. The number of benzene rings is 1. The first-order valence-electron chi connectivity index (χ1n) is 10.7. The van der Waals surface area contributed by atoms with E-state index in [1.807, 2.05) is 6.92 Å². The van der Waals surface area contributed by atoms with Crippen LogP contribution < -0.4 is 5.32 Å². The van der Waals surface area contributed by atoms with E-state index in [0.717, 1.165) is 10.9 Å². The van der Waals surface area contributed by atoms with Crippen molar-refractivity contribution >= 4 is 27.4 Å². The number of nitrogens with zero attached hydrogens (tertiary/aromatic N) is 4. The quantitative estimate of drug-likeness (QED) is 0.221. The van der Waals surface area contributed by atoms with Crippen molar-refractivity contribution in [3.63, 3.8) is 0 Å². The Morgan fingerprint density at radius 3 is 2.42 bits per heavy atom. The second-order valence-electron chi connectivity index (χ2n) is 7.91. The fraction of sp³-hybridized carbons (Fsp3) is 0.429. The standard InChI is InChI=1S/C21H24ClF4N5O4S/c1-4-16-15(11-27-31(16)14-7-5-13(23)6-8-14)28-20(32)17(9-10-35-36(3,33)34)30-12(2)18(22)19(29-30)21(24,25)26/h5-8,11,17,20,28,32H,4,9-10H2,1-3H3. The third-order valence-electron chi connectivity index (χ3n) is 5.31. The first-order valence-corrected chi connectivity index (χ1v) is 12.9. The van der Waals surface area contributed by atoms with Crippen LogP contribution in [-0.4, -0.2) is 52.2 Å². The van der Waals surface area contributed by atoms with Crippen LogP contribution in [-0.2, 0) is 26.9 Å². The highest BCUT2D eigenvalue weighted by molar-refractivity contribution is 7.85. The van der Waals surface area contributed by atoms with Crippen molar-refractivity contribution in [3.05, 3.63) is 58.4 Å². The molecule has 3 aromatic rings. The molecule has 0 aliphatic rings. The number of aliphatic hydroxyl groups excluding tert-OH is 1. The maximum Gasteiger partial charge on any atom is 0.436 e.